The number of amides is 1. The third kappa shape index (κ3) is 5.41. The number of carbonyl (C=O) groups excluding carboxylic acids is 2. The summed E-state index contributed by atoms with van der Waals surface area (Å²) in [6.07, 6.45) is 1.71. The molecule has 7 nitrogen and oxygen atoms in total. The maximum atomic E-state index is 13.3. The number of carbonyl (C=O) groups is 2. The van der Waals surface area contributed by atoms with E-state index in [2.05, 4.69) is 13.8 Å². The van der Waals surface area contributed by atoms with Crippen LogP contribution in [-0.2, 0) is 16.0 Å². The van der Waals surface area contributed by atoms with E-state index in [1.165, 1.54) is 0 Å². The highest BCUT2D eigenvalue weighted by atomic mass is 16.5. The molecule has 0 aromatic heterocycles. The molecule has 7 heteroatoms. The first-order valence-corrected chi connectivity index (χ1v) is 12.6. The molecule has 2 aromatic rings. The van der Waals surface area contributed by atoms with Crippen LogP contribution in [0.5, 0.6) is 11.5 Å². The first-order chi connectivity index (χ1) is 17.2. The van der Waals surface area contributed by atoms with Crippen LogP contribution < -0.4 is 9.47 Å². The van der Waals surface area contributed by atoms with Crippen molar-refractivity contribution in [2.45, 2.75) is 45.8 Å². The second-order valence-corrected chi connectivity index (χ2v) is 10.4. The predicted octanol–water partition coefficient (Wildman–Crippen LogP) is 4.42. The molecule has 2 aliphatic heterocycles. The number of likely N-dealkylation sites (tertiary alicyclic amines) is 1. The van der Waals surface area contributed by atoms with Crippen molar-refractivity contribution in [2.24, 2.45) is 5.92 Å². The Morgan fingerprint density at radius 2 is 1.97 bits per heavy atom. The molecule has 2 unspecified atom stereocenters. The van der Waals surface area contributed by atoms with E-state index in [0.717, 1.165) is 29.7 Å². The molecule has 2 atom stereocenters. The lowest BCUT2D eigenvalue weighted by atomic mass is 9.94. The van der Waals surface area contributed by atoms with Gasteiger partial charge >= 0.3 is 0 Å². The number of Topliss-reactive ketones (excluding diaryl/α,β-unsaturated/α-hetero) is 1. The Kier molecular flexibility index (Phi) is 7.69. The van der Waals surface area contributed by atoms with Gasteiger partial charge in [0.2, 0.25) is 0 Å². The quantitative estimate of drug-likeness (QED) is 0.317. The zero-order valence-electron chi connectivity index (χ0n) is 21.8. The molecule has 0 aliphatic carbocycles. The van der Waals surface area contributed by atoms with Crippen molar-refractivity contribution in [3.05, 3.63) is 64.7 Å². The maximum absolute atomic E-state index is 13.3. The zero-order valence-corrected chi connectivity index (χ0v) is 21.8. The van der Waals surface area contributed by atoms with Crippen LogP contribution in [0.1, 0.15) is 49.9 Å². The standard InChI is InChI=1S/C29H36N2O5/c1-18(2)11-14-35-23-8-6-7-20(17-23)26-25(28(33)29(34)31(26)13-12-30(4)5)27(32)21-9-10-24-22(16-21)15-19(3)36-24/h6-10,16-19,26,32H,11-15H2,1-5H3/b27-25-. The third-order valence-corrected chi connectivity index (χ3v) is 6.64. The van der Waals surface area contributed by atoms with Gasteiger partial charge in [-0.1, -0.05) is 26.0 Å². The Morgan fingerprint density at radius 1 is 1.19 bits per heavy atom. The SMILES string of the molecule is CC(C)CCOc1cccc(C2/C(=C(/O)c3ccc4c(c3)CC(C)O4)C(=O)C(=O)N2CCN(C)C)c1. The lowest BCUT2D eigenvalue weighted by Gasteiger charge is -2.27. The van der Waals surface area contributed by atoms with Crippen molar-refractivity contribution in [1.29, 1.82) is 0 Å². The number of nitrogens with zero attached hydrogens (tertiary/aromatic N) is 2. The van der Waals surface area contributed by atoms with E-state index in [1.807, 2.05) is 62.3 Å². The second-order valence-electron chi connectivity index (χ2n) is 10.4. The summed E-state index contributed by atoms with van der Waals surface area (Å²) in [4.78, 5) is 30.0. The molecule has 0 spiro atoms. The van der Waals surface area contributed by atoms with E-state index in [1.54, 1.807) is 11.0 Å². The van der Waals surface area contributed by atoms with Gasteiger partial charge in [-0.15, -0.1) is 0 Å². The number of hydrogen-bond donors (Lipinski definition) is 1. The molecule has 1 amide bonds. The number of ether oxygens (including phenoxy) is 2. The van der Waals surface area contributed by atoms with Crippen molar-refractivity contribution >= 4 is 17.4 Å². The summed E-state index contributed by atoms with van der Waals surface area (Å²) in [5.41, 5.74) is 2.32. The molecule has 2 heterocycles. The molecular weight excluding hydrogens is 456 g/mol. The topological polar surface area (TPSA) is 79.3 Å². The smallest absolute Gasteiger partial charge is 0.295 e. The molecule has 0 saturated carbocycles. The number of fused-ring (bicyclic) bond motifs is 1. The lowest BCUT2D eigenvalue weighted by Crippen LogP contribution is -2.35. The maximum Gasteiger partial charge on any atom is 0.295 e. The van der Waals surface area contributed by atoms with E-state index in [0.29, 0.717) is 36.9 Å². The number of aliphatic hydroxyl groups excluding tert-OH is 1. The average Bonchev–Trinajstić information content (AvgIpc) is 3.32. The van der Waals surface area contributed by atoms with E-state index < -0.39 is 17.7 Å². The van der Waals surface area contributed by atoms with E-state index >= 15 is 0 Å². The normalized spacial score (nSPS) is 20.8. The molecule has 1 saturated heterocycles. The summed E-state index contributed by atoms with van der Waals surface area (Å²) < 4.78 is 11.7. The summed E-state index contributed by atoms with van der Waals surface area (Å²) in [5, 5.41) is 11.4. The fraction of sp³-hybridized carbons (Fsp3) is 0.448. The van der Waals surface area contributed by atoms with Crippen LogP contribution in [-0.4, -0.2) is 66.5 Å². The summed E-state index contributed by atoms with van der Waals surface area (Å²) in [5.74, 6) is 0.537. The third-order valence-electron chi connectivity index (χ3n) is 6.64. The summed E-state index contributed by atoms with van der Waals surface area (Å²) in [6.45, 7) is 7.80. The highest BCUT2D eigenvalue weighted by molar-refractivity contribution is 6.46. The van der Waals surface area contributed by atoms with Gasteiger partial charge < -0.3 is 24.4 Å². The molecule has 1 N–H and O–H groups in total. The Morgan fingerprint density at radius 3 is 2.69 bits per heavy atom. The Labute approximate surface area is 213 Å². The van der Waals surface area contributed by atoms with Crippen LogP contribution in [0.15, 0.2) is 48.0 Å². The van der Waals surface area contributed by atoms with Crippen LogP contribution >= 0.6 is 0 Å². The van der Waals surface area contributed by atoms with Gasteiger partial charge in [0.25, 0.3) is 11.7 Å². The molecule has 0 radical (unpaired) electrons. The first-order valence-electron chi connectivity index (χ1n) is 12.6. The van der Waals surface area contributed by atoms with Crippen LogP contribution in [0.25, 0.3) is 5.76 Å². The molecule has 0 bridgehead atoms. The Balaban J connectivity index is 1.75. The number of aliphatic hydroxyl groups is 1. The van der Waals surface area contributed by atoms with Gasteiger partial charge in [-0.05, 0) is 74.8 Å². The summed E-state index contributed by atoms with van der Waals surface area (Å²) >= 11 is 0. The van der Waals surface area contributed by atoms with E-state index in [9.17, 15) is 14.7 Å². The molecule has 192 valence electrons. The summed E-state index contributed by atoms with van der Waals surface area (Å²) in [7, 11) is 3.84. The fourth-order valence-electron chi connectivity index (χ4n) is 4.68. The van der Waals surface area contributed by atoms with Gasteiger partial charge in [-0.3, -0.25) is 9.59 Å². The monoisotopic (exact) mass is 492 g/mol. The lowest BCUT2D eigenvalue weighted by molar-refractivity contribution is -0.140. The van der Waals surface area contributed by atoms with Gasteiger partial charge in [0.15, 0.2) is 0 Å². The highest BCUT2D eigenvalue weighted by Crippen LogP contribution is 2.41. The van der Waals surface area contributed by atoms with Gasteiger partial charge in [-0.2, -0.15) is 0 Å². The number of rotatable bonds is 9. The van der Waals surface area contributed by atoms with Gasteiger partial charge in [0, 0.05) is 25.1 Å². The Hall–Kier alpha value is -3.32. The predicted molar refractivity (Wildman–Crippen MR) is 139 cm³/mol. The Bertz CT molecular complexity index is 1170. The molecular formula is C29H36N2O5. The minimum absolute atomic E-state index is 0.0624. The number of likely N-dealkylation sites (N-methyl/N-ethyl adjacent to an activating group) is 1. The van der Waals surface area contributed by atoms with E-state index in [4.69, 9.17) is 9.47 Å². The van der Waals surface area contributed by atoms with Crippen LogP contribution in [0, 0.1) is 5.92 Å². The van der Waals surface area contributed by atoms with Crippen LogP contribution in [0.2, 0.25) is 0 Å². The van der Waals surface area contributed by atoms with Gasteiger partial charge in [-0.25, -0.2) is 0 Å². The number of hydrogen-bond acceptors (Lipinski definition) is 6. The summed E-state index contributed by atoms with van der Waals surface area (Å²) in [6, 6.07) is 12.2. The molecule has 2 aromatic carbocycles. The van der Waals surface area contributed by atoms with Crippen molar-refractivity contribution in [2.75, 3.05) is 33.8 Å². The average molecular weight is 493 g/mol. The number of ketones is 1. The molecule has 36 heavy (non-hydrogen) atoms. The van der Waals surface area contributed by atoms with Crippen molar-refractivity contribution in [1.82, 2.24) is 9.80 Å². The second kappa shape index (κ2) is 10.7. The zero-order chi connectivity index (χ0) is 26.0. The fourth-order valence-corrected chi connectivity index (χ4v) is 4.68. The van der Waals surface area contributed by atoms with Gasteiger partial charge in [0.1, 0.15) is 23.4 Å². The minimum atomic E-state index is -0.706. The van der Waals surface area contributed by atoms with Gasteiger partial charge in [0.05, 0.1) is 18.2 Å². The molecule has 4 rings (SSSR count). The molecule has 1 fully saturated rings. The first kappa shape index (κ1) is 25.8. The van der Waals surface area contributed by atoms with Crippen LogP contribution in [0.3, 0.4) is 0 Å². The largest absolute Gasteiger partial charge is 0.507 e. The minimum Gasteiger partial charge on any atom is -0.507 e. The van der Waals surface area contributed by atoms with Crippen LogP contribution in [0.4, 0.5) is 0 Å². The van der Waals surface area contributed by atoms with Crippen molar-refractivity contribution < 1.29 is 24.2 Å². The highest BCUT2D eigenvalue weighted by Gasteiger charge is 2.46. The van der Waals surface area contributed by atoms with Crippen molar-refractivity contribution in [3.8, 4) is 11.5 Å². The number of benzene rings is 2. The van der Waals surface area contributed by atoms with Crippen molar-refractivity contribution in [3.63, 3.8) is 0 Å². The van der Waals surface area contributed by atoms with E-state index in [-0.39, 0.29) is 17.4 Å². The molecule has 2 aliphatic rings.